The molecule has 1 unspecified atom stereocenters. The minimum Gasteiger partial charge on any atom is -0.345 e. The molecule has 2 aliphatic rings. The van der Waals surface area contributed by atoms with Crippen molar-refractivity contribution in [1.82, 2.24) is 14.8 Å². The number of hydrogen-bond donors (Lipinski definition) is 1. The summed E-state index contributed by atoms with van der Waals surface area (Å²) in [6.45, 7) is 3.51. The third-order valence-corrected chi connectivity index (χ3v) is 5.19. The number of H-pyrrole nitrogens is 1. The maximum atomic E-state index is 12.8. The number of carbonyl (C=O) groups excluding carboxylic acids is 1. The molecule has 2 fully saturated rings. The largest absolute Gasteiger partial charge is 0.345 e. The summed E-state index contributed by atoms with van der Waals surface area (Å²) in [6, 6.07) is 7.05. The summed E-state index contributed by atoms with van der Waals surface area (Å²) in [6.07, 6.45) is 3.61. The van der Waals surface area contributed by atoms with E-state index >= 15 is 0 Å². The van der Waals surface area contributed by atoms with Gasteiger partial charge in [-0.1, -0.05) is 18.6 Å². The number of aromatic nitrogens is 1. The summed E-state index contributed by atoms with van der Waals surface area (Å²) in [5, 5.41) is 11.8. The number of para-hydroxylation sites is 1. The lowest BCUT2D eigenvalue weighted by Gasteiger charge is -2.43. The Balaban J connectivity index is 1.59. The fourth-order valence-corrected chi connectivity index (χ4v) is 3.92. The van der Waals surface area contributed by atoms with Crippen LogP contribution < -0.4 is 0 Å². The molecule has 4 rings (SSSR count). The quantitative estimate of drug-likeness (QED) is 0.678. The number of fused-ring (bicyclic) bond motifs is 2. The number of hydrogen-bond acceptors (Lipinski definition) is 4. The molecule has 1 aromatic carbocycles. The number of aromatic amines is 1. The summed E-state index contributed by atoms with van der Waals surface area (Å²) >= 11 is 0. The Morgan fingerprint density at radius 2 is 2.12 bits per heavy atom. The zero-order chi connectivity index (χ0) is 16.7. The molecule has 2 aliphatic heterocycles. The van der Waals surface area contributed by atoms with Crippen molar-refractivity contribution in [3.8, 4) is 0 Å². The molecule has 1 atom stereocenters. The van der Waals surface area contributed by atoms with E-state index in [0.717, 1.165) is 26.1 Å². The van der Waals surface area contributed by atoms with Gasteiger partial charge in [0.05, 0.1) is 4.92 Å². The summed E-state index contributed by atoms with van der Waals surface area (Å²) in [5.41, 5.74) is 0.856. The average molecular weight is 328 g/mol. The summed E-state index contributed by atoms with van der Waals surface area (Å²) in [7, 11) is 0. The van der Waals surface area contributed by atoms with E-state index in [0.29, 0.717) is 29.2 Å². The fourth-order valence-electron chi connectivity index (χ4n) is 3.92. The molecule has 7 nitrogen and oxygen atoms in total. The lowest BCUT2D eigenvalue weighted by molar-refractivity contribution is -0.383. The van der Waals surface area contributed by atoms with Gasteiger partial charge in [-0.05, 0) is 25.5 Å². The van der Waals surface area contributed by atoms with Crippen molar-refractivity contribution in [3.63, 3.8) is 0 Å². The first-order chi connectivity index (χ1) is 11.6. The van der Waals surface area contributed by atoms with Gasteiger partial charge >= 0.3 is 0 Å². The Morgan fingerprint density at radius 1 is 1.25 bits per heavy atom. The highest BCUT2D eigenvalue weighted by Gasteiger charge is 2.32. The molecule has 0 radical (unpaired) electrons. The molecule has 7 heteroatoms. The second-order valence-electron chi connectivity index (χ2n) is 6.62. The standard InChI is InChI=1S/C17H20N4O3/c22-17(20-9-8-19-7-2-1-5-13(19)11-20)14-10-12-4-3-6-15(21(23)24)16(12)18-14/h3-4,6,10,13,18H,1-2,5,7-9,11H2. The van der Waals surface area contributed by atoms with Crippen molar-refractivity contribution in [2.75, 3.05) is 26.2 Å². The monoisotopic (exact) mass is 328 g/mol. The Kier molecular flexibility index (Phi) is 3.72. The van der Waals surface area contributed by atoms with Crippen molar-refractivity contribution in [2.45, 2.75) is 25.3 Å². The predicted molar refractivity (Wildman–Crippen MR) is 90.1 cm³/mol. The number of non-ortho nitro benzene ring substituents is 1. The molecule has 2 aromatic rings. The average Bonchev–Trinajstić information content (AvgIpc) is 3.04. The molecule has 24 heavy (non-hydrogen) atoms. The van der Waals surface area contributed by atoms with E-state index in [1.165, 1.54) is 18.9 Å². The Bertz CT molecular complexity index is 800. The molecule has 0 saturated carbocycles. The second-order valence-corrected chi connectivity index (χ2v) is 6.62. The van der Waals surface area contributed by atoms with E-state index in [-0.39, 0.29) is 11.6 Å². The molecule has 0 aliphatic carbocycles. The highest BCUT2D eigenvalue weighted by Crippen LogP contribution is 2.27. The van der Waals surface area contributed by atoms with E-state index in [1.807, 2.05) is 4.90 Å². The van der Waals surface area contributed by atoms with Crippen molar-refractivity contribution in [2.24, 2.45) is 0 Å². The van der Waals surface area contributed by atoms with Crippen LogP contribution in [0.15, 0.2) is 24.3 Å². The molecule has 3 heterocycles. The van der Waals surface area contributed by atoms with Crippen molar-refractivity contribution < 1.29 is 9.72 Å². The van der Waals surface area contributed by atoms with E-state index in [1.54, 1.807) is 18.2 Å². The first kappa shape index (κ1) is 15.1. The van der Waals surface area contributed by atoms with Crippen LogP contribution in [0.5, 0.6) is 0 Å². The van der Waals surface area contributed by atoms with Gasteiger partial charge in [0, 0.05) is 37.1 Å². The Morgan fingerprint density at radius 3 is 2.96 bits per heavy atom. The number of benzene rings is 1. The first-order valence-corrected chi connectivity index (χ1v) is 8.43. The Labute approximate surface area is 139 Å². The van der Waals surface area contributed by atoms with E-state index < -0.39 is 4.92 Å². The molecule has 126 valence electrons. The van der Waals surface area contributed by atoms with Crippen LogP contribution in [-0.4, -0.2) is 57.8 Å². The molecule has 1 aromatic heterocycles. The number of nitrogens with one attached hydrogen (secondary N) is 1. The van der Waals surface area contributed by atoms with E-state index in [9.17, 15) is 14.9 Å². The molecule has 0 spiro atoms. The van der Waals surface area contributed by atoms with Gasteiger partial charge < -0.3 is 9.88 Å². The number of nitro benzene ring substituents is 1. The van der Waals surface area contributed by atoms with Gasteiger partial charge in [-0.25, -0.2) is 0 Å². The number of piperazine rings is 1. The fraction of sp³-hybridized carbons (Fsp3) is 0.471. The topological polar surface area (TPSA) is 82.5 Å². The van der Waals surface area contributed by atoms with Crippen LogP contribution in [0.1, 0.15) is 29.8 Å². The van der Waals surface area contributed by atoms with E-state index in [2.05, 4.69) is 9.88 Å². The SMILES string of the molecule is O=C(c1cc2cccc([N+](=O)[O-])c2[nH]1)N1CCN2CCCCC2C1. The van der Waals surface area contributed by atoms with Gasteiger partial charge in [0.2, 0.25) is 0 Å². The zero-order valence-corrected chi connectivity index (χ0v) is 13.4. The van der Waals surface area contributed by atoms with Gasteiger partial charge in [-0.3, -0.25) is 19.8 Å². The van der Waals surface area contributed by atoms with Crippen LogP contribution in [0.4, 0.5) is 5.69 Å². The summed E-state index contributed by atoms with van der Waals surface area (Å²) < 4.78 is 0. The zero-order valence-electron chi connectivity index (χ0n) is 13.4. The van der Waals surface area contributed by atoms with Gasteiger partial charge in [-0.2, -0.15) is 0 Å². The molecular formula is C17H20N4O3. The van der Waals surface area contributed by atoms with Crippen LogP contribution in [-0.2, 0) is 0 Å². The van der Waals surface area contributed by atoms with Crippen LogP contribution in [0.25, 0.3) is 10.9 Å². The number of nitrogens with zero attached hydrogens (tertiary/aromatic N) is 3. The van der Waals surface area contributed by atoms with Gasteiger partial charge in [0.1, 0.15) is 11.2 Å². The van der Waals surface area contributed by atoms with Gasteiger partial charge in [0.25, 0.3) is 11.6 Å². The molecule has 1 N–H and O–H groups in total. The van der Waals surface area contributed by atoms with Crippen LogP contribution >= 0.6 is 0 Å². The minimum absolute atomic E-state index is 0.00338. The molecule has 1 amide bonds. The van der Waals surface area contributed by atoms with Crippen molar-refractivity contribution in [1.29, 1.82) is 0 Å². The number of amides is 1. The number of carbonyl (C=O) groups is 1. The second kappa shape index (κ2) is 5.90. The molecule has 0 bridgehead atoms. The third kappa shape index (κ3) is 2.54. The summed E-state index contributed by atoms with van der Waals surface area (Å²) in [5.74, 6) is -0.0641. The van der Waals surface area contributed by atoms with Gasteiger partial charge in [0.15, 0.2) is 0 Å². The maximum Gasteiger partial charge on any atom is 0.293 e. The van der Waals surface area contributed by atoms with Crippen LogP contribution in [0, 0.1) is 10.1 Å². The predicted octanol–water partition coefficient (Wildman–Crippen LogP) is 2.39. The van der Waals surface area contributed by atoms with Gasteiger partial charge in [-0.15, -0.1) is 0 Å². The molecule has 2 saturated heterocycles. The van der Waals surface area contributed by atoms with Crippen molar-refractivity contribution in [3.05, 3.63) is 40.1 Å². The highest BCUT2D eigenvalue weighted by molar-refractivity contribution is 6.00. The third-order valence-electron chi connectivity index (χ3n) is 5.19. The lowest BCUT2D eigenvalue weighted by atomic mass is 9.99. The smallest absolute Gasteiger partial charge is 0.293 e. The van der Waals surface area contributed by atoms with Crippen LogP contribution in [0.3, 0.4) is 0 Å². The van der Waals surface area contributed by atoms with E-state index in [4.69, 9.17) is 0 Å². The van der Waals surface area contributed by atoms with Crippen molar-refractivity contribution >= 4 is 22.5 Å². The number of piperidine rings is 1. The normalized spacial score (nSPS) is 21.7. The lowest BCUT2D eigenvalue weighted by Crippen LogP contribution is -2.56. The summed E-state index contributed by atoms with van der Waals surface area (Å²) in [4.78, 5) is 30.9. The number of rotatable bonds is 2. The Hall–Kier alpha value is -2.41. The first-order valence-electron chi connectivity index (χ1n) is 8.43. The highest BCUT2D eigenvalue weighted by atomic mass is 16.6. The minimum atomic E-state index is -0.423. The molecular weight excluding hydrogens is 308 g/mol. The maximum absolute atomic E-state index is 12.8. The number of nitro groups is 1. The van der Waals surface area contributed by atoms with Crippen LogP contribution in [0.2, 0.25) is 0 Å².